The molecule has 1 unspecified atom stereocenters. The summed E-state index contributed by atoms with van der Waals surface area (Å²) in [6.45, 7) is 1.72. The van der Waals surface area contributed by atoms with Crippen LogP contribution in [-0.2, 0) is 16.0 Å². The maximum atomic E-state index is 13.3. The molecule has 2 fully saturated rings. The van der Waals surface area contributed by atoms with Crippen molar-refractivity contribution < 1.29 is 14.4 Å². The van der Waals surface area contributed by atoms with Crippen LogP contribution in [0.25, 0.3) is 0 Å². The van der Waals surface area contributed by atoms with Crippen molar-refractivity contribution in [3.05, 3.63) is 41.6 Å². The molecule has 168 valence electrons. The molecule has 2 aromatic rings. The molecule has 1 aliphatic carbocycles. The summed E-state index contributed by atoms with van der Waals surface area (Å²) in [5.74, 6) is 0.551. The van der Waals surface area contributed by atoms with E-state index in [1.54, 1.807) is 23.1 Å². The monoisotopic (exact) mass is 435 g/mol. The second-order valence-electron chi connectivity index (χ2n) is 9.39. The molecule has 0 bridgehead atoms. The molecule has 3 amide bonds. The van der Waals surface area contributed by atoms with Gasteiger partial charge in [0.25, 0.3) is 5.91 Å². The number of H-pyrrole nitrogens is 1. The van der Waals surface area contributed by atoms with Gasteiger partial charge < -0.3 is 10.2 Å². The van der Waals surface area contributed by atoms with E-state index in [2.05, 4.69) is 15.5 Å². The fraction of sp³-hybridized carbons (Fsp3) is 0.500. The van der Waals surface area contributed by atoms with E-state index in [1.165, 1.54) is 37.0 Å². The lowest BCUT2D eigenvalue weighted by Gasteiger charge is -2.48. The summed E-state index contributed by atoms with van der Waals surface area (Å²) in [7, 11) is 0. The highest BCUT2D eigenvalue weighted by Crippen LogP contribution is 2.43. The number of carbonyl (C=O) groups is 3. The van der Waals surface area contributed by atoms with Crippen LogP contribution in [0.3, 0.4) is 0 Å². The molecule has 5 rings (SSSR count). The fourth-order valence-corrected chi connectivity index (χ4v) is 5.50. The Morgan fingerprint density at radius 3 is 2.81 bits per heavy atom. The average Bonchev–Trinajstić information content (AvgIpc) is 3.35. The van der Waals surface area contributed by atoms with Gasteiger partial charge in [-0.05, 0) is 37.8 Å². The van der Waals surface area contributed by atoms with Crippen LogP contribution in [0, 0.1) is 5.92 Å². The van der Waals surface area contributed by atoms with Crippen LogP contribution in [0.15, 0.2) is 30.3 Å². The number of hydrogen-bond acceptors (Lipinski definition) is 4. The van der Waals surface area contributed by atoms with Crippen LogP contribution in [0.4, 0.5) is 11.5 Å². The van der Waals surface area contributed by atoms with Gasteiger partial charge in [-0.2, -0.15) is 5.10 Å². The Morgan fingerprint density at radius 2 is 2.00 bits per heavy atom. The molecule has 1 aromatic heterocycles. The Kier molecular flexibility index (Phi) is 5.23. The lowest BCUT2D eigenvalue weighted by atomic mass is 9.86. The second-order valence-corrected chi connectivity index (χ2v) is 9.39. The summed E-state index contributed by atoms with van der Waals surface area (Å²) in [4.78, 5) is 42.0. The van der Waals surface area contributed by atoms with Crippen LogP contribution < -0.4 is 10.2 Å². The highest BCUT2D eigenvalue weighted by atomic mass is 16.2. The van der Waals surface area contributed by atoms with E-state index in [9.17, 15) is 14.4 Å². The summed E-state index contributed by atoms with van der Waals surface area (Å²) in [6.07, 6.45) is 8.16. The zero-order chi connectivity index (χ0) is 22.3. The molecule has 3 heterocycles. The fourth-order valence-electron chi connectivity index (χ4n) is 5.50. The third-order valence-corrected chi connectivity index (χ3v) is 7.18. The highest BCUT2D eigenvalue weighted by Gasteiger charge is 2.53. The molecule has 0 spiro atoms. The van der Waals surface area contributed by atoms with E-state index >= 15 is 0 Å². The number of carbonyl (C=O) groups excluding carboxylic acids is 3. The van der Waals surface area contributed by atoms with E-state index < -0.39 is 5.66 Å². The number of rotatable bonds is 5. The molecule has 1 aromatic carbocycles. The van der Waals surface area contributed by atoms with Crippen molar-refractivity contribution >= 4 is 29.2 Å². The number of para-hydroxylation sites is 1. The molecule has 2 aliphatic heterocycles. The van der Waals surface area contributed by atoms with Crippen LogP contribution in [0.2, 0.25) is 0 Å². The van der Waals surface area contributed by atoms with Crippen molar-refractivity contribution in [2.24, 2.45) is 5.92 Å². The highest BCUT2D eigenvalue weighted by molar-refractivity contribution is 6.11. The summed E-state index contributed by atoms with van der Waals surface area (Å²) < 4.78 is 0. The van der Waals surface area contributed by atoms with Gasteiger partial charge in [0.15, 0.2) is 5.82 Å². The van der Waals surface area contributed by atoms with E-state index in [-0.39, 0.29) is 24.3 Å². The predicted octanol–water partition coefficient (Wildman–Crippen LogP) is 3.47. The number of fused-ring (bicyclic) bond motifs is 3. The van der Waals surface area contributed by atoms with E-state index in [0.29, 0.717) is 35.8 Å². The van der Waals surface area contributed by atoms with Gasteiger partial charge in [0, 0.05) is 18.2 Å². The second kappa shape index (κ2) is 8.07. The minimum atomic E-state index is -0.850. The standard InChI is InChI=1S/C24H29N5O3/c1-24-12-11-22(31)29(24)19-10-6-5-9-18(19)23(32)28(24)15-21(30)25-20-14-17(26-27-20)13-16-7-3-2-4-8-16/h5-6,9-10,14,16H,2-4,7-8,11-13,15H2,1H3,(H2,25,26,27,30). The number of anilines is 2. The van der Waals surface area contributed by atoms with E-state index in [1.807, 2.05) is 19.1 Å². The normalized spacial score (nSPS) is 23.3. The Labute approximate surface area is 187 Å². The molecule has 1 saturated carbocycles. The van der Waals surface area contributed by atoms with Crippen LogP contribution in [0.1, 0.15) is 67.9 Å². The number of benzene rings is 1. The van der Waals surface area contributed by atoms with E-state index in [4.69, 9.17) is 0 Å². The van der Waals surface area contributed by atoms with Gasteiger partial charge >= 0.3 is 0 Å². The zero-order valence-corrected chi connectivity index (χ0v) is 18.4. The third-order valence-electron chi connectivity index (χ3n) is 7.18. The van der Waals surface area contributed by atoms with Crippen LogP contribution >= 0.6 is 0 Å². The van der Waals surface area contributed by atoms with Gasteiger partial charge in [-0.15, -0.1) is 0 Å². The topological polar surface area (TPSA) is 98.4 Å². The maximum Gasteiger partial charge on any atom is 0.258 e. The first-order valence-corrected chi connectivity index (χ1v) is 11.5. The number of nitrogens with zero attached hydrogens (tertiary/aromatic N) is 3. The minimum absolute atomic E-state index is 0.0301. The Morgan fingerprint density at radius 1 is 1.22 bits per heavy atom. The first kappa shape index (κ1) is 20.7. The van der Waals surface area contributed by atoms with Gasteiger partial charge in [0.2, 0.25) is 11.8 Å². The summed E-state index contributed by atoms with van der Waals surface area (Å²) in [5.41, 5.74) is 1.24. The van der Waals surface area contributed by atoms with Crippen molar-refractivity contribution in [3.63, 3.8) is 0 Å². The average molecular weight is 436 g/mol. The van der Waals surface area contributed by atoms with E-state index in [0.717, 1.165) is 12.1 Å². The molecule has 2 N–H and O–H groups in total. The Bertz CT molecular complexity index is 1060. The van der Waals surface area contributed by atoms with Crippen molar-refractivity contribution in [3.8, 4) is 0 Å². The van der Waals surface area contributed by atoms with Crippen molar-refractivity contribution in [1.82, 2.24) is 15.1 Å². The molecule has 3 aliphatic rings. The van der Waals surface area contributed by atoms with Gasteiger partial charge in [0.1, 0.15) is 12.2 Å². The first-order valence-electron chi connectivity index (χ1n) is 11.5. The first-order chi connectivity index (χ1) is 15.5. The van der Waals surface area contributed by atoms with Crippen molar-refractivity contribution in [2.75, 3.05) is 16.8 Å². The molecule has 8 nitrogen and oxygen atoms in total. The number of aromatic amines is 1. The quantitative estimate of drug-likeness (QED) is 0.751. The lowest BCUT2D eigenvalue weighted by Crippen LogP contribution is -2.63. The smallest absolute Gasteiger partial charge is 0.258 e. The Balaban J connectivity index is 1.30. The zero-order valence-electron chi connectivity index (χ0n) is 18.4. The minimum Gasteiger partial charge on any atom is -0.308 e. The molecule has 8 heteroatoms. The van der Waals surface area contributed by atoms with Crippen LogP contribution in [-0.4, -0.2) is 45.0 Å². The number of amides is 3. The summed E-state index contributed by atoms with van der Waals surface area (Å²) >= 11 is 0. The molecular weight excluding hydrogens is 406 g/mol. The third kappa shape index (κ3) is 3.57. The van der Waals surface area contributed by atoms with Gasteiger partial charge in [-0.25, -0.2) is 0 Å². The molecule has 1 saturated heterocycles. The maximum absolute atomic E-state index is 13.3. The summed E-state index contributed by atoms with van der Waals surface area (Å²) in [6, 6.07) is 8.98. The van der Waals surface area contributed by atoms with Crippen molar-refractivity contribution in [2.45, 2.75) is 64.0 Å². The lowest BCUT2D eigenvalue weighted by molar-refractivity contribution is -0.120. The number of nitrogens with one attached hydrogen (secondary N) is 2. The summed E-state index contributed by atoms with van der Waals surface area (Å²) in [5, 5.41) is 10.1. The SMILES string of the molecule is CC12CCC(=O)N1c1ccccc1C(=O)N2CC(=O)Nc1cc(CC2CCCCC2)[nH]n1. The van der Waals surface area contributed by atoms with Gasteiger partial charge in [-0.1, -0.05) is 44.2 Å². The molecule has 0 radical (unpaired) electrons. The largest absolute Gasteiger partial charge is 0.308 e. The van der Waals surface area contributed by atoms with Gasteiger partial charge in [-0.3, -0.25) is 24.4 Å². The van der Waals surface area contributed by atoms with Crippen LogP contribution in [0.5, 0.6) is 0 Å². The Hall–Kier alpha value is -3.16. The number of hydrogen-bond donors (Lipinski definition) is 2. The molecule has 32 heavy (non-hydrogen) atoms. The number of aromatic nitrogens is 2. The molecular formula is C24H29N5O3. The molecule has 1 atom stereocenters. The predicted molar refractivity (Wildman–Crippen MR) is 120 cm³/mol. The van der Waals surface area contributed by atoms with Crippen molar-refractivity contribution in [1.29, 1.82) is 0 Å². The van der Waals surface area contributed by atoms with Gasteiger partial charge in [0.05, 0.1) is 11.3 Å².